The largest absolute Gasteiger partial charge is 0.481 e. The second-order valence-electron chi connectivity index (χ2n) is 4.93. The van der Waals surface area contributed by atoms with E-state index in [9.17, 15) is 4.79 Å². The minimum Gasteiger partial charge on any atom is -0.481 e. The summed E-state index contributed by atoms with van der Waals surface area (Å²) in [6, 6.07) is 7.88. The minimum atomic E-state index is -0.739. The Labute approximate surface area is 105 Å². The van der Waals surface area contributed by atoms with Crippen LogP contribution in [-0.2, 0) is 14.9 Å². The first-order valence-corrected chi connectivity index (χ1v) is 6.20. The van der Waals surface area contributed by atoms with Crippen LogP contribution in [0.4, 0.5) is 0 Å². The minimum absolute atomic E-state index is 0.192. The summed E-state index contributed by atoms with van der Waals surface area (Å²) in [5.41, 5.74) is 1.85. The van der Waals surface area contributed by atoms with E-state index in [-0.39, 0.29) is 11.8 Å². The van der Waals surface area contributed by atoms with Crippen molar-refractivity contribution in [2.24, 2.45) is 4.99 Å². The number of hydrogen-bond acceptors (Lipinski definition) is 3. The molecular weight excluding hydrogens is 230 g/mol. The van der Waals surface area contributed by atoms with Crippen molar-refractivity contribution >= 4 is 11.9 Å². The van der Waals surface area contributed by atoms with Gasteiger partial charge in [-0.2, -0.15) is 0 Å². The topological polar surface area (TPSA) is 58.9 Å². The highest BCUT2D eigenvalue weighted by atomic mass is 16.5. The molecule has 1 heterocycles. The second kappa shape index (κ2) is 4.12. The maximum atomic E-state index is 11.0. The van der Waals surface area contributed by atoms with Gasteiger partial charge in [0.1, 0.15) is 6.61 Å². The van der Waals surface area contributed by atoms with Crippen LogP contribution in [0.2, 0.25) is 0 Å². The van der Waals surface area contributed by atoms with E-state index >= 15 is 0 Å². The third-order valence-electron chi connectivity index (χ3n) is 3.66. The van der Waals surface area contributed by atoms with Gasteiger partial charge < -0.3 is 9.84 Å². The molecule has 1 fully saturated rings. The summed E-state index contributed by atoms with van der Waals surface area (Å²) in [5.74, 6) is -0.0705. The SMILES string of the molecule is O=C(O)CC1(c2ccccc2C2=NCCO2)CC1. The molecule has 1 aliphatic carbocycles. The molecule has 0 radical (unpaired) electrons. The van der Waals surface area contributed by atoms with Crippen LogP contribution in [0, 0.1) is 0 Å². The highest BCUT2D eigenvalue weighted by Crippen LogP contribution is 2.52. The third-order valence-corrected chi connectivity index (χ3v) is 3.66. The van der Waals surface area contributed by atoms with Crippen molar-refractivity contribution in [1.82, 2.24) is 0 Å². The van der Waals surface area contributed by atoms with E-state index in [1.54, 1.807) is 0 Å². The van der Waals surface area contributed by atoms with Crippen LogP contribution in [0.25, 0.3) is 0 Å². The Balaban J connectivity index is 1.99. The average Bonchev–Trinajstić information content (AvgIpc) is 2.93. The van der Waals surface area contributed by atoms with E-state index in [2.05, 4.69) is 4.99 Å². The zero-order valence-electron chi connectivity index (χ0n) is 10.1. The molecule has 1 aromatic carbocycles. The molecule has 18 heavy (non-hydrogen) atoms. The summed E-state index contributed by atoms with van der Waals surface area (Å²) in [6.45, 7) is 1.31. The van der Waals surface area contributed by atoms with Crippen LogP contribution in [-0.4, -0.2) is 30.1 Å². The molecule has 94 valence electrons. The van der Waals surface area contributed by atoms with Crippen molar-refractivity contribution in [2.75, 3.05) is 13.2 Å². The van der Waals surface area contributed by atoms with E-state index in [1.807, 2.05) is 24.3 Å². The number of aliphatic imine (C=N–C) groups is 1. The number of hydrogen-bond donors (Lipinski definition) is 1. The molecule has 3 rings (SSSR count). The molecule has 0 bridgehead atoms. The van der Waals surface area contributed by atoms with E-state index in [4.69, 9.17) is 9.84 Å². The molecule has 1 N–H and O–H groups in total. The predicted octanol–water partition coefficient (Wildman–Crippen LogP) is 1.97. The maximum absolute atomic E-state index is 11.0. The van der Waals surface area contributed by atoms with Gasteiger partial charge in [0.05, 0.1) is 13.0 Å². The highest BCUT2D eigenvalue weighted by molar-refractivity contribution is 5.97. The molecule has 0 unspecified atom stereocenters. The van der Waals surface area contributed by atoms with Gasteiger partial charge in [0.15, 0.2) is 0 Å². The number of carboxylic acid groups (broad SMARTS) is 1. The van der Waals surface area contributed by atoms with Gasteiger partial charge in [-0.05, 0) is 24.5 Å². The fourth-order valence-corrected chi connectivity index (χ4v) is 2.61. The first-order valence-electron chi connectivity index (χ1n) is 6.20. The Hall–Kier alpha value is -1.84. The van der Waals surface area contributed by atoms with Crippen molar-refractivity contribution in [2.45, 2.75) is 24.7 Å². The van der Waals surface area contributed by atoms with E-state index in [0.29, 0.717) is 19.0 Å². The molecule has 1 aromatic rings. The number of carboxylic acids is 1. The predicted molar refractivity (Wildman–Crippen MR) is 67.0 cm³/mol. The summed E-state index contributed by atoms with van der Waals surface area (Å²) in [4.78, 5) is 15.3. The Bertz CT molecular complexity index is 518. The second-order valence-corrected chi connectivity index (χ2v) is 4.93. The summed E-state index contributed by atoms with van der Waals surface area (Å²) in [6.07, 6.45) is 2.06. The van der Waals surface area contributed by atoms with Gasteiger partial charge in [-0.15, -0.1) is 0 Å². The lowest BCUT2D eigenvalue weighted by atomic mass is 9.88. The fraction of sp³-hybridized carbons (Fsp3) is 0.429. The Morgan fingerprint density at radius 3 is 2.78 bits per heavy atom. The van der Waals surface area contributed by atoms with Gasteiger partial charge in [-0.25, -0.2) is 4.99 Å². The van der Waals surface area contributed by atoms with E-state index in [0.717, 1.165) is 24.0 Å². The summed E-state index contributed by atoms with van der Waals surface area (Å²) >= 11 is 0. The van der Waals surface area contributed by atoms with Crippen molar-refractivity contribution in [3.05, 3.63) is 35.4 Å². The standard InChI is InChI=1S/C14H15NO3/c16-12(17)9-14(5-6-14)11-4-2-1-3-10(11)13-15-7-8-18-13/h1-4H,5-9H2,(H,16,17). The van der Waals surface area contributed by atoms with E-state index < -0.39 is 5.97 Å². The monoisotopic (exact) mass is 245 g/mol. The van der Waals surface area contributed by atoms with Crippen molar-refractivity contribution < 1.29 is 14.6 Å². The molecule has 0 aromatic heterocycles. The lowest BCUT2D eigenvalue weighted by Crippen LogP contribution is -2.17. The van der Waals surface area contributed by atoms with Gasteiger partial charge >= 0.3 is 5.97 Å². The maximum Gasteiger partial charge on any atom is 0.304 e. The first kappa shape index (κ1) is 11.3. The zero-order valence-corrected chi connectivity index (χ0v) is 10.1. The number of aliphatic carboxylic acids is 1. The quantitative estimate of drug-likeness (QED) is 0.882. The summed E-state index contributed by atoms with van der Waals surface area (Å²) < 4.78 is 5.51. The van der Waals surface area contributed by atoms with Crippen LogP contribution in [0.3, 0.4) is 0 Å². The van der Waals surface area contributed by atoms with Gasteiger partial charge in [-0.3, -0.25) is 4.79 Å². The lowest BCUT2D eigenvalue weighted by Gasteiger charge is -2.17. The van der Waals surface area contributed by atoms with Gasteiger partial charge in [0.2, 0.25) is 5.90 Å². The summed E-state index contributed by atoms with van der Waals surface area (Å²) in [7, 11) is 0. The Morgan fingerprint density at radius 2 is 2.17 bits per heavy atom. The van der Waals surface area contributed by atoms with Crippen molar-refractivity contribution in [3.8, 4) is 0 Å². The van der Waals surface area contributed by atoms with Crippen LogP contribution in [0.1, 0.15) is 30.4 Å². The van der Waals surface area contributed by atoms with Crippen LogP contribution >= 0.6 is 0 Å². The number of rotatable bonds is 4. The number of nitrogens with zero attached hydrogens (tertiary/aromatic N) is 1. The van der Waals surface area contributed by atoms with Crippen LogP contribution in [0.15, 0.2) is 29.3 Å². The molecule has 4 nitrogen and oxygen atoms in total. The first-order chi connectivity index (χ1) is 8.71. The number of benzene rings is 1. The lowest BCUT2D eigenvalue weighted by molar-refractivity contribution is -0.137. The fourth-order valence-electron chi connectivity index (χ4n) is 2.61. The molecule has 1 aliphatic heterocycles. The molecule has 0 spiro atoms. The third kappa shape index (κ3) is 1.88. The Morgan fingerprint density at radius 1 is 1.39 bits per heavy atom. The van der Waals surface area contributed by atoms with Gasteiger partial charge in [0, 0.05) is 11.0 Å². The molecule has 0 amide bonds. The van der Waals surface area contributed by atoms with Crippen LogP contribution < -0.4 is 0 Å². The average molecular weight is 245 g/mol. The number of carbonyl (C=O) groups is 1. The highest BCUT2D eigenvalue weighted by Gasteiger charge is 2.47. The molecular formula is C14H15NO3. The normalized spacial score (nSPS) is 20.1. The van der Waals surface area contributed by atoms with Gasteiger partial charge in [0.25, 0.3) is 0 Å². The van der Waals surface area contributed by atoms with Crippen molar-refractivity contribution in [3.63, 3.8) is 0 Å². The summed E-state index contributed by atoms with van der Waals surface area (Å²) in [5, 5.41) is 9.05. The van der Waals surface area contributed by atoms with Gasteiger partial charge in [-0.1, -0.05) is 18.2 Å². The van der Waals surface area contributed by atoms with E-state index in [1.165, 1.54) is 0 Å². The zero-order chi connectivity index (χ0) is 12.6. The Kier molecular flexibility index (Phi) is 2.58. The molecule has 0 saturated heterocycles. The molecule has 0 atom stereocenters. The number of ether oxygens (including phenoxy) is 1. The molecule has 1 saturated carbocycles. The molecule has 4 heteroatoms. The van der Waals surface area contributed by atoms with Crippen LogP contribution in [0.5, 0.6) is 0 Å². The molecule has 2 aliphatic rings. The smallest absolute Gasteiger partial charge is 0.304 e. The van der Waals surface area contributed by atoms with Crippen molar-refractivity contribution in [1.29, 1.82) is 0 Å².